The van der Waals surface area contributed by atoms with Crippen LogP contribution in [0.1, 0.15) is 0 Å². The first kappa shape index (κ1) is 11.0. The smallest absolute Gasteiger partial charge is 0.233 e. The molecule has 0 amide bonds. The number of nitrogens with zero attached hydrogens (tertiary/aromatic N) is 1. The lowest BCUT2D eigenvalue weighted by atomic mass is 10.3. The Hall–Kier alpha value is -1.49. The number of para-hydroxylation sites is 1. The van der Waals surface area contributed by atoms with Gasteiger partial charge in [0.05, 0.1) is 4.47 Å². The van der Waals surface area contributed by atoms with E-state index in [1.165, 1.54) is 12.3 Å². The minimum atomic E-state index is -0.766. The van der Waals surface area contributed by atoms with Gasteiger partial charge in [0, 0.05) is 6.20 Å². The van der Waals surface area contributed by atoms with E-state index in [0.717, 1.165) is 12.1 Å². The summed E-state index contributed by atoms with van der Waals surface area (Å²) in [4.78, 5) is 3.85. The first-order valence-corrected chi connectivity index (χ1v) is 5.20. The summed E-state index contributed by atoms with van der Waals surface area (Å²) in [5, 5.41) is 0. The molecule has 0 fully saturated rings. The van der Waals surface area contributed by atoms with E-state index in [9.17, 15) is 8.78 Å². The summed E-state index contributed by atoms with van der Waals surface area (Å²) in [6.45, 7) is 0. The Morgan fingerprint density at radius 2 is 1.75 bits per heavy atom. The van der Waals surface area contributed by atoms with Gasteiger partial charge >= 0.3 is 0 Å². The number of aromatic nitrogens is 1. The highest BCUT2D eigenvalue weighted by atomic mass is 79.9. The number of hydrogen-bond donors (Lipinski definition) is 0. The molecule has 0 saturated heterocycles. The van der Waals surface area contributed by atoms with Crippen LogP contribution in [0.4, 0.5) is 8.78 Å². The minimum absolute atomic E-state index is 0.117. The predicted molar refractivity (Wildman–Crippen MR) is 58.4 cm³/mol. The van der Waals surface area contributed by atoms with Crippen molar-refractivity contribution in [3.05, 3.63) is 52.6 Å². The lowest BCUT2D eigenvalue weighted by molar-refractivity contribution is 0.393. The third-order valence-corrected chi connectivity index (χ3v) is 2.45. The summed E-state index contributed by atoms with van der Waals surface area (Å²) in [6, 6.07) is 6.85. The van der Waals surface area contributed by atoms with Gasteiger partial charge < -0.3 is 4.74 Å². The average Bonchev–Trinajstić information content (AvgIpc) is 2.26. The van der Waals surface area contributed by atoms with E-state index in [1.54, 1.807) is 12.1 Å². The Morgan fingerprint density at radius 1 is 1.06 bits per heavy atom. The van der Waals surface area contributed by atoms with Crippen molar-refractivity contribution in [2.45, 2.75) is 0 Å². The predicted octanol–water partition coefficient (Wildman–Crippen LogP) is 3.91. The fraction of sp³-hybridized carbons (Fsp3) is 0. The number of ether oxygens (including phenoxy) is 1. The van der Waals surface area contributed by atoms with Crippen molar-refractivity contribution in [1.82, 2.24) is 4.98 Å². The Kier molecular flexibility index (Phi) is 3.14. The zero-order valence-corrected chi connectivity index (χ0v) is 9.54. The number of pyridine rings is 1. The molecule has 16 heavy (non-hydrogen) atoms. The van der Waals surface area contributed by atoms with Crippen molar-refractivity contribution < 1.29 is 13.5 Å². The summed E-state index contributed by atoms with van der Waals surface area (Å²) in [7, 11) is 0. The van der Waals surface area contributed by atoms with Gasteiger partial charge in [0.2, 0.25) is 11.6 Å². The molecule has 2 nitrogen and oxygen atoms in total. The highest BCUT2D eigenvalue weighted by Gasteiger charge is 2.12. The minimum Gasteiger partial charge on any atom is -0.432 e. The molecule has 0 aliphatic carbocycles. The number of halogens is 3. The van der Waals surface area contributed by atoms with Crippen molar-refractivity contribution in [3.63, 3.8) is 0 Å². The van der Waals surface area contributed by atoms with Crippen molar-refractivity contribution in [3.8, 4) is 11.6 Å². The normalized spacial score (nSPS) is 10.2. The van der Waals surface area contributed by atoms with E-state index < -0.39 is 17.4 Å². The van der Waals surface area contributed by atoms with Crippen LogP contribution in [0.25, 0.3) is 0 Å². The van der Waals surface area contributed by atoms with Crippen LogP contribution >= 0.6 is 15.9 Å². The number of hydrogen-bond acceptors (Lipinski definition) is 2. The van der Waals surface area contributed by atoms with E-state index in [-0.39, 0.29) is 5.88 Å². The Bertz CT molecular complexity index is 499. The van der Waals surface area contributed by atoms with Gasteiger partial charge in [-0.3, -0.25) is 0 Å². The summed E-state index contributed by atoms with van der Waals surface area (Å²) >= 11 is 3.17. The molecule has 0 aliphatic rings. The first-order valence-electron chi connectivity index (χ1n) is 4.41. The van der Waals surface area contributed by atoms with Crippen LogP contribution < -0.4 is 4.74 Å². The second-order valence-corrected chi connectivity index (χ2v) is 3.80. The molecule has 0 aliphatic heterocycles. The van der Waals surface area contributed by atoms with Crippen LogP contribution in [0.3, 0.4) is 0 Å². The van der Waals surface area contributed by atoms with Gasteiger partial charge in [-0.1, -0.05) is 6.07 Å². The van der Waals surface area contributed by atoms with Crippen molar-refractivity contribution >= 4 is 15.9 Å². The molecule has 1 heterocycles. The number of rotatable bonds is 2. The average molecular weight is 286 g/mol. The quantitative estimate of drug-likeness (QED) is 0.835. The fourth-order valence-corrected chi connectivity index (χ4v) is 1.46. The summed E-state index contributed by atoms with van der Waals surface area (Å²) in [5.41, 5.74) is 0. The van der Waals surface area contributed by atoms with E-state index in [1.807, 2.05) is 0 Å². The van der Waals surface area contributed by atoms with Crippen LogP contribution in [-0.2, 0) is 0 Å². The summed E-state index contributed by atoms with van der Waals surface area (Å²) < 4.78 is 32.1. The molecule has 0 N–H and O–H groups in total. The van der Waals surface area contributed by atoms with Gasteiger partial charge in [-0.25, -0.2) is 13.8 Å². The summed E-state index contributed by atoms with van der Waals surface area (Å²) in [5.74, 6) is -1.87. The van der Waals surface area contributed by atoms with E-state index in [2.05, 4.69) is 20.9 Å². The second-order valence-electron chi connectivity index (χ2n) is 2.94. The van der Waals surface area contributed by atoms with Crippen LogP contribution in [-0.4, -0.2) is 4.98 Å². The molecule has 1 aromatic carbocycles. The highest BCUT2D eigenvalue weighted by molar-refractivity contribution is 9.10. The molecule has 2 rings (SSSR count). The molecule has 0 spiro atoms. The second kappa shape index (κ2) is 4.57. The molecular weight excluding hydrogens is 280 g/mol. The van der Waals surface area contributed by atoms with Gasteiger partial charge in [-0.2, -0.15) is 0 Å². The van der Waals surface area contributed by atoms with Crippen LogP contribution in [0.2, 0.25) is 0 Å². The van der Waals surface area contributed by atoms with Crippen molar-refractivity contribution in [1.29, 1.82) is 0 Å². The zero-order chi connectivity index (χ0) is 11.5. The van der Waals surface area contributed by atoms with Gasteiger partial charge in [0.1, 0.15) is 0 Å². The monoisotopic (exact) mass is 285 g/mol. The lowest BCUT2D eigenvalue weighted by Gasteiger charge is -2.07. The maximum Gasteiger partial charge on any atom is 0.233 e. The highest BCUT2D eigenvalue weighted by Crippen LogP contribution is 2.30. The Labute approximate surface area is 99.0 Å². The largest absolute Gasteiger partial charge is 0.432 e. The number of benzene rings is 1. The van der Waals surface area contributed by atoms with Gasteiger partial charge in [-0.05, 0) is 40.2 Å². The fourth-order valence-electron chi connectivity index (χ4n) is 1.12. The molecule has 1 aromatic heterocycles. The Balaban J connectivity index is 2.38. The molecular formula is C11H6BrF2NO. The molecule has 5 heteroatoms. The van der Waals surface area contributed by atoms with E-state index in [0.29, 0.717) is 4.47 Å². The van der Waals surface area contributed by atoms with Gasteiger partial charge in [0.25, 0.3) is 0 Å². The molecule has 82 valence electrons. The van der Waals surface area contributed by atoms with Gasteiger partial charge in [-0.15, -0.1) is 0 Å². The third kappa shape index (κ3) is 2.19. The molecule has 0 bridgehead atoms. The van der Waals surface area contributed by atoms with Crippen molar-refractivity contribution in [2.75, 3.05) is 0 Å². The molecule has 2 aromatic rings. The third-order valence-electron chi connectivity index (χ3n) is 1.84. The molecule has 0 radical (unpaired) electrons. The maximum atomic E-state index is 13.3. The van der Waals surface area contributed by atoms with Crippen molar-refractivity contribution in [2.24, 2.45) is 0 Å². The molecule has 0 atom stereocenters. The zero-order valence-electron chi connectivity index (χ0n) is 7.95. The Morgan fingerprint density at radius 3 is 2.38 bits per heavy atom. The maximum absolute atomic E-state index is 13.3. The topological polar surface area (TPSA) is 22.1 Å². The van der Waals surface area contributed by atoms with E-state index in [4.69, 9.17) is 4.74 Å². The molecule has 0 saturated carbocycles. The SMILES string of the molecule is Fc1cccc(F)c1Oc1ncccc1Br. The van der Waals surface area contributed by atoms with Crippen LogP contribution in [0, 0.1) is 11.6 Å². The molecule has 0 unspecified atom stereocenters. The lowest BCUT2D eigenvalue weighted by Crippen LogP contribution is -1.94. The summed E-state index contributed by atoms with van der Waals surface area (Å²) in [6.07, 6.45) is 1.47. The van der Waals surface area contributed by atoms with Crippen LogP contribution in [0.15, 0.2) is 41.0 Å². The van der Waals surface area contributed by atoms with E-state index >= 15 is 0 Å². The first-order chi connectivity index (χ1) is 7.68. The standard InChI is InChI=1S/C11H6BrF2NO/c12-7-3-2-6-15-11(7)16-10-8(13)4-1-5-9(10)14/h1-6H. The van der Waals surface area contributed by atoms with Gasteiger partial charge in [0.15, 0.2) is 11.6 Å². The van der Waals surface area contributed by atoms with Crippen LogP contribution in [0.5, 0.6) is 11.6 Å².